The van der Waals surface area contributed by atoms with Crippen LogP contribution >= 0.6 is 23.6 Å². The van der Waals surface area contributed by atoms with E-state index < -0.39 is 5.97 Å². The smallest absolute Gasteiger partial charge is 0.341 e. The Bertz CT molecular complexity index is 842. The van der Waals surface area contributed by atoms with Crippen molar-refractivity contribution in [2.24, 2.45) is 0 Å². The molecule has 0 spiro atoms. The van der Waals surface area contributed by atoms with Gasteiger partial charge in [0.2, 0.25) is 5.91 Å². The van der Waals surface area contributed by atoms with Gasteiger partial charge in [-0.05, 0) is 50.2 Å². The van der Waals surface area contributed by atoms with Gasteiger partial charge in [-0.25, -0.2) is 4.79 Å². The van der Waals surface area contributed by atoms with Crippen LogP contribution in [0.4, 0.5) is 5.00 Å². The van der Waals surface area contributed by atoms with Gasteiger partial charge in [0.15, 0.2) is 5.11 Å². The first-order valence-electron chi connectivity index (χ1n) is 8.04. The molecule has 0 aliphatic heterocycles. The van der Waals surface area contributed by atoms with Crippen molar-refractivity contribution in [2.45, 2.75) is 20.8 Å². The summed E-state index contributed by atoms with van der Waals surface area (Å²) in [6, 6.07) is 9.47. The summed E-state index contributed by atoms with van der Waals surface area (Å²) >= 11 is 6.58. The third kappa shape index (κ3) is 5.24. The molecule has 5 nitrogen and oxygen atoms in total. The zero-order chi connectivity index (χ0) is 19.1. The maximum absolute atomic E-state index is 12.2. The van der Waals surface area contributed by atoms with Crippen LogP contribution in [0.15, 0.2) is 36.4 Å². The fourth-order valence-electron chi connectivity index (χ4n) is 2.19. The number of rotatable bonds is 5. The average Bonchev–Trinajstić information content (AvgIpc) is 2.88. The Kier molecular flexibility index (Phi) is 7.06. The van der Waals surface area contributed by atoms with Crippen molar-refractivity contribution in [1.29, 1.82) is 0 Å². The molecule has 0 saturated heterocycles. The van der Waals surface area contributed by atoms with Gasteiger partial charge in [-0.3, -0.25) is 10.1 Å². The molecule has 0 aliphatic carbocycles. The monoisotopic (exact) mass is 388 g/mol. The van der Waals surface area contributed by atoms with Gasteiger partial charge in [-0.1, -0.05) is 30.3 Å². The first-order chi connectivity index (χ1) is 12.4. The number of thiocarbonyl (C=S) groups is 1. The molecular formula is C19H20N2O3S2. The molecule has 2 rings (SSSR count). The summed E-state index contributed by atoms with van der Waals surface area (Å²) in [5, 5.41) is 6.19. The zero-order valence-electron chi connectivity index (χ0n) is 14.8. The maximum Gasteiger partial charge on any atom is 0.341 e. The molecule has 26 heavy (non-hydrogen) atoms. The van der Waals surface area contributed by atoms with E-state index in [1.165, 1.54) is 17.4 Å². The normalized spacial score (nSPS) is 10.6. The van der Waals surface area contributed by atoms with Crippen LogP contribution in [0.5, 0.6) is 0 Å². The van der Waals surface area contributed by atoms with Gasteiger partial charge in [0.25, 0.3) is 0 Å². The van der Waals surface area contributed by atoms with Crippen molar-refractivity contribution < 1.29 is 14.3 Å². The summed E-state index contributed by atoms with van der Waals surface area (Å²) < 4.78 is 5.10. The molecule has 1 heterocycles. The Morgan fingerprint density at radius 3 is 2.58 bits per heavy atom. The fraction of sp³-hybridized carbons (Fsp3) is 0.211. The molecule has 7 heteroatoms. The number of benzene rings is 1. The van der Waals surface area contributed by atoms with Crippen LogP contribution in [0.1, 0.15) is 33.3 Å². The highest BCUT2D eigenvalue weighted by Gasteiger charge is 2.21. The number of aryl methyl sites for hydroxylation is 1. The van der Waals surface area contributed by atoms with Crippen molar-refractivity contribution in [3.05, 3.63) is 58.0 Å². The first-order valence-corrected chi connectivity index (χ1v) is 9.27. The minimum Gasteiger partial charge on any atom is -0.462 e. The number of carbonyl (C=O) groups excluding carboxylic acids is 2. The summed E-state index contributed by atoms with van der Waals surface area (Å²) in [5.41, 5.74) is 2.20. The van der Waals surface area contributed by atoms with E-state index in [2.05, 4.69) is 10.6 Å². The third-order valence-corrected chi connectivity index (χ3v) is 4.88. The third-order valence-electron chi connectivity index (χ3n) is 3.56. The predicted octanol–water partition coefficient (Wildman–Crippen LogP) is 4.07. The quantitative estimate of drug-likeness (QED) is 0.459. The molecule has 0 unspecified atom stereocenters. The van der Waals surface area contributed by atoms with Gasteiger partial charge in [0, 0.05) is 11.0 Å². The number of anilines is 1. The van der Waals surface area contributed by atoms with Gasteiger partial charge in [-0.15, -0.1) is 11.3 Å². The lowest BCUT2D eigenvalue weighted by molar-refractivity contribution is -0.115. The molecule has 0 radical (unpaired) electrons. The summed E-state index contributed by atoms with van der Waals surface area (Å²) in [5.74, 6) is -0.760. The fourth-order valence-corrected chi connectivity index (χ4v) is 3.51. The Hall–Kier alpha value is -2.51. The van der Waals surface area contributed by atoms with Gasteiger partial charge in [0.05, 0.1) is 12.2 Å². The number of nitrogens with one attached hydrogen (secondary N) is 2. The summed E-state index contributed by atoms with van der Waals surface area (Å²) in [7, 11) is 0. The highest BCUT2D eigenvalue weighted by Crippen LogP contribution is 2.32. The number of esters is 1. The Balaban J connectivity index is 2.03. The van der Waals surface area contributed by atoms with Crippen molar-refractivity contribution in [2.75, 3.05) is 11.9 Å². The second-order valence-corrected chi connectivity index (χ2v) is 7.03. The molecule has 1 aromatic heterocycles. The predicted molar refractivity (Wildman–Crippen MR) is 110 cm³/mol. The van der Waals surface area contributed by atoms with Gasteiger partial charge >= 0.3 is 5.97 Å². The highest BCUT2D eigenvalue weighted by molar-refractivity contribution is 7.80. The van der Waals surface area contributed by atoms with E-state index >= 15 is 0 Å². The second-order valence-electron chi connectivity index (χ2n) is 5.40. The Labute approximate surface area is 162 Å². The van der Waals surface area contributed by atoms with E-state index in [4.69, 9.17) is 17.0 Å². The van der Waals surface area contributed by atoms with Crippen LogP contribution in [-0.2, 0) is 9.53 Å². The zero-order valence-corrected chi connectivity index (χ0v) is 16.4. The second kappa shape index (κ2) is 9.26. The minimum atomic E-state index is -0.407. The molecular weight excluding hydrogens is 368 g/mol. The van der Waals surface area contributed by atoms with Crippen molar-refractivity contribution in [3.63, 3.8) is 0 Å². The SMILES string of the molecule is CCOC(=O)c1c(NC(=S)NC(=O)C=Cc2ccccc2)sc(C)c1C. The van der Waals surface area contributed by atoms with E-state index in [-0.39, 0.29) is 17.6 Å². The van der Waals surface area contributed by atoms with E-state index in [9.17, 15) is 9.59 Å². The molecule has 0 fully saturated rings. The lowest BCUT2D eigenvalue weighted by Crippen LogP contribution is -2.33. The number of ether oxygens (including phenoxy) is 1. The first kappa shape index (κ1) is 19.8. The number of carbonyl (C=O) groups is 2. The lowest BCUT2D eigenvalue weighted by Gasteiger charge is -2.09. The van der Waals surface area contributed by atoms with E-state index in [0.29, 0.717) is 10.6 Å². The van der Waals surface area contributed by atoms with Crippen molar-refractivity contribution in [3.8, 4) is 0 Å². The molecule has 2 aromatic rings. The van der Waals surface area contributed by atoms with Crippen LogP contribution in [-0.4, -0.2) is 23.6 Å². The summed E-state index contributed by atoms with van der Waals surface area (Å²) in [6.07, 6.45) is 3.10. The van der Waals surface area contributed by atoms with Crippen molar-refractivity contribution in [1.82, 2.24) is 5.32 Å². The number of hydrogen-bond acceptors (Lipinski definition) is 5. The topological polar surface area (TPSA) is 67.4 Å². The van der Waals surface area contributed by atoms with Gasteiger partial charge < -0.3 is 10.1 Å². The van der Waals surface area contributed by atoms with E-state index in [1.807, 2.05) is 44.2 Å². The largest absolute Gasteiger partial charge is 0.462 e. The molecule has 2 N–H and O–H groups in total. The molecule has 0 aliphatic rings. The lowest BCUT2D eigenvalue weighted by atomic mass is 10.1. The average molecular weight is 389 g/mol. The minimum absolute atomic E-state index is 0.125. The molecule has 0 bridgehead atoms. The Morgan fingerprint density at radius 2 is 1.92 bits per heavy atom. The van der Waals surface area contributed by atoms with Crippen LogP contribution in [0, 0.1) is 13.8 Å². The molecule has 0 atom stereocenters. The van der Waals surface area contributed by atoms with E-state index in [1.54, 1.807) is 13.0 Å². The van der Waals surface area contributed by atoms with Gasteiger partial charge in [0.1, 0.15) is 5.00 Å². The Morgan fingerprint density at radius 1 is 1.23 bits per heavy atom. The van der Waals surface area contributed by atoms with Crippen LogP contribution in [0.2, 0.25) is 0 Å². The molecule has 1 aromatic carbocycles. The van der Waals surface area contributed by atoms with Crippen molar-refractivity contribution >= 4 is 51.6 Å². The maximum atomic E-state index is 12.2. The molecule has 1 amide bonds. The number of thiophene rings is 1. The number of amides is 1. The standard InChI is InChI=1S/C19H20N2O3S2/c1-4-24-18(23)16-12(2)13(3)26-17(16)21-19(25)20-15(22)11-10-14-8-6-5-7-9-14/h5-11H,4H2,1-3H3,(H2,20,21,22,25). The van der Waals surface area contributed by atoms with Crippen LogP contribution in [0.25, 0.3) is 6.08 Å². The van der Waals surface area contributed by atoms with Gasteiger partial charge in [-0.2, -0.15) is 0 Å². The van der Waals surface area contributed by atoms with Crippen LogP contribution in [0.3, 0.4) is 0 Å². The molecule has 136 valence electrons. The van der Waals surface area contributed by atoms with E-state index in [0.717, 1.165) is 16.0 Å². The number of hydrogen-bond donors (Lipinski definition) is 2. The summed E-state index contributed by atoms with van der Waals surface area (Å²) in [4.78, 5) is 25.1. The molecule has 0 saturated carbocycles. The highest BCUT2D eigenvalue weighted by atomic mass is 32.1. The van der Waals surface area contributed by atoms with Crippen LogP contribution < -0.4 is 10.6 Å². The summed E-state index contributed by atoms with van der Waals surface area (Å²) in [6.45, 7) is 5.81.